The fourth-order valence-corrected chi connectivity index (χ4v) is 4.40. The number of rotatable bonds is 2. The number of hydrogen-bond donors (Lipinski definition) is 0. The molecule has 1 aliphatic rings. The third-order valence-corrected chi connectivity index (χ3v) is 5.83. The highest BCUT2D eigenvalue weighted by atomic mass is 32.2. The van der Waals surface area contributed by atoms with Crippen LogP contribution in [0.1, 0.15) is 15.2 Å². The molecule has 3 rings (SSSR count). The highest BCUT2D eigenvalue weighted by molar-refractivity contribution is 7.91. The van der Waals surface area contributed by atoms with E-state index in [1.807, 2.05) is 18.2 Å². The van der Waals surface area contributed by atoms with Crippen molar-refractivity contribution >= 4 is 33.1 Å². The first-order chi connectivity index (χ1) is 9.51. The average molecular weight is 308 g/mol. The van der Waals surface area contributed by atoms with Gasteiger partial charge in [0, 0.05) is 7.05 Å². The Morgan fingerprint density at radius 3 is 2.55 bits per heavy atom. The molecule has 7 heteroatoms. The minimum absolute atomic E-state index is 0.0453. The standard InChI is InChI=1S/C13H12N2O3S2/c1-14-11-7-8-19-12(11)13(16)15(20(14,17)18)9-10-5-3-2-4-6-10/h2-8H,9H2,1H3. The van der Waals surface area contributed by atoms with Crippen LogP contribution >= 0.6 is 11.3 Å². The second-order valence-electron chi connectivity index (χ2n) is 4.41. The SMILES string of the molecule is CN1c2ccsc2C(=O)N(Cc2ccccc2)S1(=O)=O. The van der Waals surface area contributed by atoms with Gasteiger partial charge in [0.25, 0.3) is 5.91 Å². The van der Waals surface area contributed by atoms with Crippen LogP contribution in [-0.4, -0.2) is 25.7 Å². The first-order valence-corrected chi connectivity index (χ1v) is 8.22. The number of nitrogens with zero attached hydrogens (tertiary/aromatic N) is 2. The summed E-state index contributed by atoms with van der Waals surface area (Å²) in [6.07, 6.45) is 0. The van der Waals surface area contributed by atoms with Crippen molar-refractivity contribution in [3.8, 4) is 0 Å². The molecule has 1 aromatic heterocycles. The lowest BCUT2D eigenvalue weighted by Gasteiger charge is -2.33. The summed E-state index contributed by atoms with van der Waals surface area (Å²) in [7, 11) is -2.35. The van der Waals surface area contributed by atoms with Gasteiger partial charge in [0.15, 0.2) is 0 Å². The van der Waals surface area contributed by atoms with E-state index in [0.29, 0.717) is 10.6 Å². The Hall–Kier alpha value is -1.86. The van der Waals surface area contributed by atoms with Gasteiger partial charge < -0.3 is 0 Å². The fraction of sp³-hybridized carbons (Fsp3) is 0.154. The summed E-state index contributed by atoms with van der Waals surface area (Å²) in [5.41, 5.74) is 1.22. The Morgan fingerprint density at radius 2 is 1.85 bits per heavy atom. The molecule has 0 unspecified atom stereocenters. The van der Waals surface area contributed by atoms with Gasteiger partial charge in [-0.2, -0.15) is 8.42 Å². The van der Waals surface area contributed by atoms with Gasteiger partial charge in [0.05, 0.1) is 12.2 Å². The molecule has 5 nitrogen and oxygen atoms in total. The third-order valence-electron chi connectivity index (χ3n) is 3.20. The predicted molar refractivity (Wildman–Crippen MR) is 78.0 cm³/mol. The van der Waals surface area contributed by atoms with Crippen molar-refractivity contribution in [2.45, 2.75) is 6.54 Å². The molecule has 0 saturated carbocycles. The molecule has 104 valence electrons. The highest BCUT2D eigenvalue weighted by Crippen LogP contribution is 2.35. The molecular formula is C13H12N2O3S2. The minimum atomic E-state index is -3.81. The summed E-state index contributed by atoms with van der Waals surface area (Å²) < 4.78 is 26.9. The molecule has 1 aromatic carbocycles. The number of carbonyl (C=O) groups is 1. The second-order valence-corrected chi connectivity index (χ2v) is 7.21. The molecule has 0 radical (unpaired) electrons. The van der Waals surface area contributed by atoms with E-state index in [2.05, 4.69) is 0 Å². The van der Waals surface area contributed by atoms with E-state index >= 15 is 0 Å². The van der Waals surface area contributed by atoms with Crippen molar-refractivity contribution in [1.82, 2.24) is 4.31 Å². The predicted octanol–water partition coefficient (Wildman–Crippen LogP) is 2.09. The van der Waals surface area contributed by atoms with Crippen molar-refractivity contribution in [1.29, 1.82) is 0 Å². The van der Waals surface area contributed by atoms with Crippen LogP contribution in [0.2, 0.25) is 0 Å². The van der Waals surface area contributed by atoms with E-state index in [4.69, 9.17) is 0 Å². The lowest BCUT2D eigenvalue weighted by atomic mass is 10.2. The number of fused-ring (bicyclic) bond motifs is 1. The molecule has 20 heavy (non-hydrogen) atoms. The van der Waals surface area contributed by atoms with Crippen LogP contribution in [0.15, 0.2) is 41.8 Å². The van der Waals surface area contributed by atoms with Gasteiger partial charge in [-0.1, -0.05) is 30.3 Å². The Labute approximate surface area is 121 Å². The molecule has 0 fully saturated rings. The number of amides is 1. The topological polar surface area (TPSA) is 57.7 Å². The van der Waals surface area contributed by atoms with E-state index in [1.165, 1.54) is 18.4 Å². The van der Waals surface area contributed by atoms with Crippen LogP contribution in [0.3, 0.4) is 0 Å². The van der Waals surface area contributed by atoms with Gasteiger partial charge in [-0.05, 0) is 17.0 Å². The summed E-state index contributed by atoms with van der Waals surface area (Å²) in [4.78, 5) is 12.8. The van der Waals surface area contributed by atoms with Gasteiger partial charge in [-0.25, -0.2) is 4.31 Å². The molecule has 0 atom stereocenters. The van der Waals surface area contributed by atoms with E-state index in [1.54, 1.807) is 23.6 Å². The summed E-state index contributed by atoms with van der Waals surface area (Å²) in [5.74, 6) is -0.461. The molecular weight excluding hydrogens is 296 g/mol. The van der Waals surface area contributed by atoms with Crippen molar-refractivity contribution in [3.05, 3.63) is 52.2 Å². The number of carbonyl (C=O) groups excluding carboxylic acids is 1. The minimum Gasteiger partial charge on any atom is -0.267 e. The monoisotopic (exact) mass is 308 g/mol. The molecule has 0 saturated heterocycles. The van der Waals surface area contributed by atoms with Crippen molar-refractivity contribution in [2.75, 3.05) is 11.4 Å². The maximum atomic E-state index is 12.4. The lowest BCUT2D eigenvalue weighted by Crippen LogP contribution is -2.48. The van der Waals surface area contributed by atoms with E-state index in [-0.39, 0.29) is 6.54 Å². The second kappa shape index (κ2) is 4.60. The van der Waals surface area contributed by atoms with E-state index < -0.39 is 16.1 Å². The van der Waals surface area contributed by atoms with Crippen LogP contribution in [0.5, 0.6) is 0 Å². The Kier molecular flexibility index (Phi) is 3.02. The highest BCUT2D eigenvalue weighted by Gasteiger charge is 2.40. The zero-order valence-electron chi connectivity index (χ0n) is 10.7. The van der Waals surface area contributed by atoms with Crippen LogP contribution in [0.4, 0.5) is 5.69 Å². The number of benzene rings is 1. The summed E-state index contributed by atoms with van der Waals surface area (Å²) >= 11 is 1.25. The Balaban J connectivity index is 2.05. The van der Waals surface area contributed by atoms with Crippen molar-refractivity contribution in [3.63, 3.8) is 0 Å². The van der Waals surface area contributed by atoms with Gasteiger partial charge in [0.1, 0.15) is 4.88 Å². The molecule has 0 spiro atoms. The molecule has 1 amide bonds. The van der Waals surface area contributed by atoms with Crippen molar-refractivity contribution < 1.29 is 13.2 Å². The molecule has 2 heterocycles. The Bertz CT molecular complexity index is 753. The van der Waals surface area contributed by atoms with Gasteiger partial charge in [-0.3, -0.25) is 9.10 Å². The smallest absolute Gasteiger partial charge is 0.267 e. The van der Waals surface area contributed by atoms with E-state index in [9.17, 15) is 13.2 Å². The number of thiophene rings is 1. The molecule has 1 aliphatic heterocycles. The van der Waals surface area contributed by atoms with Gasteiger partial charge >= 0.3 is 10.2 Å². The first-order valence-electron chi connectivity index (χ1n) is 5.94. The van der Waals surface area contributed by atoms with Crippen molar-refractivity contribution in [2.24, 2.45) is 0 Å². The Morgan fingerprint density at radius 1 is 1.15 bits per heavy atom. The molecule has 0 bridgehead atoms. The first kappa shape index (κ1) is 13.1. The van der Waals surface area contributed by atoms with E-state index in [0.717, 1.165) is 14.2 Å². The van der Waals surface area contributed by atoms with Crippen LogP contribution in [0, 0.1) is 0 Å². The van der Waals surface area contributed by atoms with Crippen LogP contribution in [0.25, 0.3) is 0 Å². The quantitative estimate of drug-likeness (QED) is 0.853. The van der Waals surface area contributed by atoms with Crippen LogP contribution < -0.4 is 4.31 Å². The maximum Gasteiger partial charge on any atom is 0.329 e. The summed E-state index contributed by atoms with van der Waals surface area (Å²) in [5, 5.41) is 1.72. The number of anilines is 1. The largest absolute Gasteiger partial charge is 0.329 e. The molecule has 0 aliphatic carbocycles. The average Bonchev–Trinajstić information content (AvgIpc) is 2.92. The lowest BCUT2D eigenvalue weighted by molar-refractivity contribution is 0.0856. The maximum absolute atomic E-state index is 12.4. The molecule has 2 aromatic rings. The normalized spacial score (nSPS) is 17.1. The molecule has 0 N–H and O–H groups in total. The fourth-order valence-electron chi connectivity index (χ4n) is 2.10. The zero-order chi connectivity index (χ0) is 14.3. The summed E-state index contributed by atoms with van der Waals surface area (Å²) in [6.45, 7) is 0.0453. The van der Waals surface area contributed by atoms with Gasteiger partial charge in [0.2, 0.25) is 0 Å². The summed E-state index contributed by atoms with van der Waals surface area (Å²) in [6, 6.07) is 10.7. The zero-order valence-corrected chi connectivity index (χ0v) is 12.3. The number of hydrogen-bond acceptors (Lipinski definition) is 4. The van der Waals surface area contributed by atoms with Crippen LogP contribution in [-0.2, 0) is 16.8 Å². The third kappa shape index (κ3) is 1.90. The van der Waals surface area contributed by atoms with Gasteiger partial charge in [-0.15, -0.1) is 11.3 Å².